The molecule has 0 saturated heterocycles. The van der Waals surface area contributed by atoms with Gasteiger partial charge in [-0.15, -0.1) is 0 Å². The number of methoxy groups -OCH3 is 1. The average Bonchev–Trinajstić information content (AvgIpc) is 2.37. The predicted octanol–water partition coefficient (Wildman–Crippen LogP) is 2.39. The fourth-order valence-electron chi connectivity index (χ4n) is 1.66. The van der Waals surface area contributed by atoms with Gasteiger partial charge in [0.05, 0.1) is 13.7 Å². The van der Waals surface area contributed by atoms with E-state index in [1.54, 1.807) is 39.2 Å². The fourth-order valence-corrected chi connectivity index (χ4v) is 1.66. The Balaban J connectivity index is 2.90. The van der Waals surface area contributed by atoms with E-state index < -0.39 is 11.9 Å². The van der Waals surface area contributed by atoms with Crippen LogP contribution in [0, 0.1) is 12.8 Å². The van der Waals surface area contributed by atoms with Crippen LogP contribution in [0.2, 0.25) is 0 Å². The van der Waals surface area contributed by atoms with Gasteiger partial charge in [-0.1, -0.05) is 0 Å². The number of hydrogen-bond acceptors (Lipinski definition) is 4. The largest absolute Gasteiger partial charge is 0.496 e. The van der Waals surface area contributed by atoms with Crippen LogP contribution >= 0.6 is 0 Å². The summed E-state index contributed by atoms with van der Waals surface area (Å²) < 4.78 is 9.96. The van der Waals surface area contributed by atoms with Crippen molar-refractivity contribution < 1.29 is 19.1 Å². The molecule has 0 bridgehead atoms. The van der Waals surface area contributed by atoms with E-state index in [4.69, 9.17) is 9.47 Å². The van der Waals surface area contributed by atoms with Gasteiger partial charge >= 0.3 is 5.97 Å². The highest BCUT2D eigenvalue weighted by molar-refractivity contribution is 6.08. The van der Waals surface area contributed by atoms with Crippen molar-refractivity contribution in [3.8, 4) is 5.75 Å². The number of Topliss-reactive ketones (excluding diaryl/α,β-unsaturated/α-hetero) is 1. The van der Waals surface area contributed by atoms with Gasteiger partial charge in [0.25, 0.3) is 0 Å². The second-order valence-electron chi connectivity index (χ2n) is 4.02. The molecule has 0 aliphatic rings. The molecule has 0 aliphatic heterocycles. The van der Waals surface area contributed by atoms with Crippen LogP contribution in [-0.2, 0) is 9.53 Å². The summed E-state index contributed by atoms with van der Waals surface area (Å²) in [5.41, 5.74) is 1.35. The lowest BCUT2D eigenvalue weighted by Gasteiger charge is -2.11. The first-order valence-corrected chi connectivity index (χ1v) is 5.86. The van der Waals surface area contributed by atoms with E-state index in [2.05, 4.69) is 0 Å². The first-order chi connectivity index (χ1) is 8.51. The van der Waals surface area contributed by atoms with Crippen molar-refractivity contribution in [3.05, 3.63) is 29.3 Å². The lowest BCUT2D eigenvalue weighted by Crippen LogP contribution is -2.23. The van der Waals surface area contributed by atoms with Gasteiger partial charge in [-0.2, -0.15) is 0 Å². The maximum Gasteiger partial charge on any atom is 0.316 e. The molecule has 0 fully saturated rings. The molecule has 1 unspecified atom stereocenters. The van der Waals surface area contributed by atoms with E-state index in [-0.39, 0.29) is 12.4 Å². The monoisotopic (exact) mass is 250 g/mol. The third kappa shape index (κ3) is 3.09. The lowest BCUT2D eigenvalue weighted by molar-refractivity contribution is -0.145. The van der Waals surface area contributed by atoms with E-state index >= 15 is 0 Å². The summed E-state index contributed by atoms with van der Waals surface area (Å²) in [6.45, 7) is 5.40. The molecule has 4 heteroatoms. The molecule has 0 aliphatic carbocycles. The lowest BCUT2D eigenvalue weighted by atomic mass is 9.98. The SMILES string of the molecule is CCOC(=O)C(C)C(=O)c1ccc(OC)c(C)c1. The first-order valence-electron chi connectivity index (χ1n) is 5.86. The van der Waals surface area contributed by atoms with Crippen LogP contribution in [0.5, 0.6) is 5.75 Å². The van der Waals surface area contributed by atoms with E-state index in [0.717, 1.165) is 11.3 Å². The van der Waals surface area contributed by atoms with Gasteiger partial charge in [0.15, 0.2) is 5.78 Å². The molecule has 98 valence electrons. The van der Waals surface area contributed by atoms with Crippen molar-refractivity contribution in [3.63, 3.8) is 0 Å². The van der Waals surface area contributed by atoms with Crippen molar-refractivity contribution in [2.75, 3.05) is 13.7 Å². The molecule has 0 heterocycles. The second-order valence-corrected chi connectivity index (χ2v) is 4.02. The van der Waals surface area contributed by atoms with Crippen LogP contribution in [-0.4, -0.2) is 25.5 Å². The molecular weight excluding hydrogens is 232 g/mol. The number of esters is 1. The van der Waals surface area contributed by atoms with Crippen LogP contribution in [0.3, 0.4) is 0 Å². The van der Waals surface area contributed by atoms with Crippen molar-refractivity contribution in [2.45, 2.75) is 20.8 Å². The van der Waals surface area contributed by atoms with Crippen LogP contribution in [0.15, 0.2) is 18.2 Å². The average molecular weight is 250 g/mol. The smallest absolute Gasteiger partial charge is 0.316 e. The number of ketones is 1. The minimum Gasteiger partial charge on any atom is -0.496 e. The molecule has 4 nitrogen and oxygen atoms in total. The van der Waals surface area contributed by atoms with Crippen LogP contribution in [0.1, 0.15) is 29.8 Å². The Kier molecular flexibility index (Phi) is 4.89. The number of ether oxygens (including phenoxy) is 2. The molecule has 1 atom stereocenters. The number of benzene rings is 1. The fraction of sp³-hybridized carbons (Fsp3) is 0.429. The van der Waals surface area contributed by atoms with Gasteiger partial charge in [0.1, 0.15) is 11.7 Å². The number of carbonyl (C=O) groups is 2. The Morgan fingerprint density at radius 3 is 2.50 bits per heavy atom. The molecule has 0 aromatic heterocycles. The standard InChI is InChI=1S/C14H18O4/c1-5-18-14(16)10(3)13(15)11-6-7-12(17-4)9(2)8-11/h6-8,10H,5H2,1-4H3. The molecular formula is C14H18O4. The van der Waals surface area contributed by atoms with Gasteiger partial charge in [0, 0.05) is 5.56 Å². The van der Waals surface area contributed by atoms with Gasteiger partial charge in [-0.3, -0.25) is 9.59 Å². The van der Waals surface area contributed by atoms with Crippen molar-refractivity contribution in [1.82, 2.24) is 0 Å². The van der Waals surface area contributed by atoms with Gasteiger partial charge in [0.2, 0.25) is 0 Å². The predicted molar refractivity (Wildman–Crippen MR) is 67.9 cm³/mol. The molecule has 0 N–H and O–H groups in total. The molecule has 18 heavy (non-hydrogen) atoms. The van der Waals surface area contributed by atoms with E-state index in [9.17, 15) is 9.59 Å². The maximum absolute atomic E-state index is 12.1. The molecule has 1 aromatic rings. The van der Waals surface area contributed by atoms with Gasteiger partial charge < -0.3 is 9.47 Å². The topological polar surface area (TPSA) is 52.6 Å². The molecule has 0 amide bonds. The number of hydrogen-bond donors (Lipinski definition) is 0. The third-order valence-corrected chi connectivity index (χ3v) is 2.71. The Morgan fingerprint density at radius 1 is 1.33 bits per heavy atom. The van der Waals surface area contributed by atoms with E-state index in [1.807, 2.05) is 6.92 Å². The summed E-state index contributed by atoms with van der Waals surface area (Å²) in [5.74, 6) is -0.789. The summed E-state index contributed by atoms with van der Waals surface area (Å²) in [4.78, 5) is 23.6. The highest BCUT2D eigenvalue weighted by Gasteiger charge is 2.24. The Labute approximate surface area is 107 Å². The quantitative estimate of drug-likeness (QED) is 0.457. The van der Waals surface area contributed by atoms with Crippen LogP contribution in [0.25, 0.3) is 0 Å². The summed E-state index contributed by atoms with van der Waals surface area (Å²) >= 11 is 0. The Hall–Kier alpha value is -1.84. The minimum absolute atomic E-state index is 0.237. The molecule has 0 spiro atoms. The highest BCUT2D eigenvalue weighted by atomic mass is 16.5. The summed E-state index contributed by atoms with van der Waals surface area (Å²) in [5, 5.41) is 0. The summed E-state index contributed by atoms with van der Waals surface area (Å²) in [6, 6.07) is 5.10. The summed E-state index contributed by atoms with van der Waals surface area (Å²) in [7, 11) is 1.57. The number of carbonyl (C=O) groups excluding carboxylic acids is 2. The third-order valence-electron chi connectivity index (χ3n) is 2.71. The number of rotatable bonds is 5. The van der Waals surface area contributed by atoms with Crippen LogP contribution in [0.4, 0.5) is 0 Å². The maximum atomic E-state index is 12.1. The molecule has 0 saturated carbocycles. The van der Waals surface area contributed by atoms with Crippen molar-refractivity contribution >= 4 is 11.8 Å². The number of aryl methyl sites for hydroxylation is 1. The van der Waals surface area contributed by atoms with E-state index in [0.29, 0.717) is 5.56 Å². The second kappa shape index (κ2) is 6.19. The normalized spacial score (nSPS) is 11.8. The van der Waals surface area contributed by atoms with E-state index in [1.165, 1.54) is 0 Å². The Morgan fingerprint density at radius 2 is 2.00 bits per heavy atom. The minimum atomic E-state index is -0.780. The first kappa shape index (κ1) is 14.2. The molecule has 0 radical (unpaired) electrons. The zero-order valence-corrected chi connectivity index (χ0v) is 11.1. The van der Waals surface area contributed by atoms with Crippen molar-refractivity contribution in [2.24, 2.45) is 5.92 Å². The highest BCUT2D eigenvalue weighted by Crippen LogP contribution is 2.20. The van der Waals surface area contributed by atoms with Crippen molar-refractivity contribution in [1.29, 1.82) is 0 Å². The summed E-state index contributed by atoms with van der Waals surface area (Å²) in [6.07, 6.45) is 0. The molecule has 1 aromatic carbocycles. The zero-order valence-electron chi connectivity index (χ0n) is 11.1. The Bertz CT molecular complexity index is 451. The molecule has 1 rings (SSSR count). The zero-order chi connectivity index (χ0) is 13.7. The van der Waals surface area contributed by atoms with Crippen LogP contribution < -0.4 is 4.74 Å². The van der Waals surface area contributed by atoms with Gasteiger partial charge in [-0.25, -0.2) is 0 Å². The van der Waals surface area contributed by atoms with Gasteiger partial charge in [-0.05, 0) is 44.5 Å².